The molecular formula is C10H24N2. The van der Waals surface area contributed by atoms with Gasteiger partial charge in [0.25, 0.3) is 0 Å². The van der Waals surface area contributed by atoms with E-state index in [0.29, 0.717) is 0 Å². The normalized spacial score (nSPS) is 18.8. The third-order valence-electron chi connectivity index (χ3n) is 2.55. The summed E-state index contributed by atoms with van der Waals surface area (Å²) >= 11 is 0. The summed E-state index contributed by atoms with van der Waals surface area (Å²) in [4.78, 5) is 0. The zero-order valence-corrected chi connectivity index (χ0v) is 8.93. The highest BCUT2D eigenvalue weighted by Gasteiger charge is 2.09. The maximum atomic E-state index is 5.62. The first-order chi connectivity index (χ1) is 5.57. The van der Waals surface area contributed by atoms with Crippen molar-refractivity contribution in [2.45, 2.75) is 40.2 Å². The molecule has 0 bridgehead atoms. The number of hydrogen-bond donors (Lipinski definition) is 2. The van der Waals surface area contributed by atoms with Crippen LogP contribution in [0.1, 0.15) is 34.1 Å². The minimum absolute atomic E-state index is 0.272. The smallest absolute Gasteiger partial charge is 0.0136 e. The summed E-state index contributed by atoms with van der Waals surface area (Å²) in [7, 11) is 0. The van der Waals surface area contributed by atoms with E-state index in [1.807, 2.05) is 6.92 Å². The Labute approximate surface area is 76.9 Å². The summed E-state index contributed by atoms with van der Waals surface area (Å²) in [5.41, 5.74) is 5.62. The maximum absolute atomic E-state index is 5.62. The first-order valence-electron chi connectivity index (χ1n) is 5.04. The molecule has 0 aromatic rings. The lowest BCUT2D eigenvalue weighted by Crippen LogP contribution is -2.34. The van der Waals surface area contributed by atoms with Gasteiger partial charge in [-0.25, -0.2) is 0 Å². The molecule has 0 fully saturated rings. The van der Waals surface area contributed by atoms with Gasteiger partial charge in [-0.3, -0.25) is 0 Å². The fourth-order valence-electron chi connectivity index (χ4n) is 1.14. The van der Waals surface area contributed by atoms with Crippen LogP contribution < -0.4 is 11.1 Å². The first kappa shape index (κ1) is 11.9. The Kier molecular flexibility index (Phi) is 6.39. The number of nitrogens with one attached hydrogen (secondary N) is 1. The molecule has 0 saturated carbocycles. The maximum Gasteiger partial charge on any atom is 0.0136 e. The molecule has 0 spiro atoms. The van der Waals surface area contributed by atoms with Crippen LogP contribution in [-0.4, -0.2) is 19.1 Å². The van der Waals surface area contributed by atoms with E-state index >= 15 is 0 Å². The van der Waals surface area contributed by atoms with Gasteiger partial charge in [-0.05, 0) is 25.3 Å². The van der Waals surface area contributed by atoms with E-state index in [1.165, 1.54) is 6.42 Å². The lowest BCUT2D eigenvalue weighted by atomic mass is 9.94. The zero-order valence-electron chi connectivity index (χ0n) is 8.93. The van der Waals surface area contributed by atoms with Crippen molar-refractivity contribution in [2.24, 2.45) is 17.6 Å². The van der Waals surface area contributed by atoms with Gasteiger partial charge in [0.15, 0.2) is 0 Å². The minimum atomic E-state index is 0.272. The Morgan fingerprint density at radius 1 is 1.08 bits per heavy atom. The van der Waals surface area contributed by atoms with E-state index in [4.69, 9.17) is 5.73 Å². The number of hydrogen-bond acceptors (Lipinski definition) is 2. The molecule has 0 aromatic heterocycles. The molecule has 0 amide bonds. The molecule has 3 atom stereocenters. The van der Waals surface area contributed by atoms with Crippen molar-refractivity contribution in [2.75, 3.05) is 13.1 Å². The SMILES string of the molecule is CCC(C)C(C)CNC[C@@H](C)N. The van der Waals surface area contributed by atoms with Crippen molar-refractivity contribution in [1.29, 1.82) is 0 Å². The van der Waals surface area contributed by atoms with Gasteiger partial charge in [0.05, 0.1) is 0 Å². The van der Waals surface area contributed by atoms with Gasteiger partial charge in [0, 0.05) is 12.6 Å². The predicted molar refractivity (Wildman–Crippen MR) is 55.1 cm³/mol. The molecule has 0 aliphatic carbocycles. The molecule has 0 aliphatic heterocycles. The molecular weight excluding hydrogens is 148 g/mol. The first-order valence-corrected chi connectivity index (χ1v) is 5.04. The van der Waals surface area contributed by atoms with E-state index in [-0.39, 0.29) is 6.04 Å². The second-order valence-corrected chi connectivity index (χ2v) is 4.00. The molecule has 0 rings (SSSR count). The van der Waals surface area contributed by atoms with E-state index in [1.54, 1.807) is 0 Å². The summed E-state index contributed by atoms with van der Waals surface area (Å²) in [5, 5.41) is 3.37. The van der Waals surface area contributed by atoms with Gasteiger partial charge in [0.1, 0.15) is 0 Å². The second-order valence-electron chi connectivity index (χ2n) is 4.00. The standard InChI is InChI=1S/C10H24N2/c1-5-8(2)9(3)6-12-7-10(4)11/h8-10,12H,5-7,11H2,1-4H3/t8?,9?,10-/m1/s1. The highest BCUT2D eigenvalue weighted by Crippen LogP contribution is 2.12. The van der Waals surface area contributed by atoms with Crippen molar-refractivity contribution < 1.29 is 0 Å². The molecule has 2 unspecified atom stereocenters. The summed E-state index contributed by atoms with van der Waals surface area (Å²) in [6.45, 7) is 10.9. The van der Waals surface area contributed by atoms with Crippen LogP contribution in [0.4, 0.5) is 0 Å². The van der Waals surface area contributed by atoms with Crippen LogP contribution in [0.3, 0.4) is 0 Å². The molecule has 2 nitrogen and oxygen atoms in total. The van der Waals surface area contributed by atoms with Crippen molar-refractivity contribution in [3.8, 4) is 0 Å². The van der Waals surface area contributed by atoms with Crippen molar-refractivity contribution in [3.63, 3.8) is 0 Å². The molecule has 3 N–H and O–H groups in total. The van der Waals surface area contributed by atoms with Gasteiger partial charge >= 0.3 is 0 Å². The fraction of sp³-hybridized carbons (Fsp3) is 1.00. The van der Waals surface area contributed by atoms with Crippen molar-refractivity contribution >= 4 is 0 Å². The average molecular weight is 172 g/mol. The highest BCUT2D eigenvalue weighted by atomic mass is 14.9. The third-order valence-corrected chi connectivity index (χ3v) is 2.55. The molecule has 0 radical (unpaired) electrons. The van der Waals surface area contributed by atoms with Gasteiger partial charge in [-0.1, -0.05) is 27.2 Å². The summed E-state index contributed by atoms with van der Waals surface area (Å²) in [6, 6.07) is 0.272. The third kappa shape index (κ3) is 5.56. The van der Waals surface area contributed by atoms with E-state index in [2.05, 4.69) is 26.1 Å². The van der Waals surface area contributed by atoms with Crippen LogP contribution in [0.15, 0.2) is 0 Å². The molecule has 0 aromatic carbocycles. The summed E-state index contributed by atoms with van der Waals surface area (Å²) in [6.07, 6.45) is 1.26. The molecule has 0 heterocycles. The summed E-state index contributed by atoms with van der Waals surface area (Å²) in [5.74, 6) is 1.57. The van der Waals surface area contributed by atoms with Gasteiger partial charge < -0.3 is 11.1 Å². The quantitative estimate of drug-likeness (QED) is 0.639. The molecule has 74 valence electrons. The Bertz CT molecular complexity index is 102. The lowest BCUT2D eigenvalue weighted by Gasteiger charge is -2.19. The van der Waals surface area contributed by atoms with Crippen molar-refractivity contribution in [1.82, 2.24) is 5.32 Å². The number of rotatable bonds is 6. The topological polar surface area (TPSA) is 38.0 Å². The molecule has 2 heteroatoms. The van der Waals surface area contributed by atoms with Crippen LogP contribution in [0.25, 0.3) is 0 Å². The Hall–Kier alpha value is -0.0800. The monoisotopic (exact) mass is 172 g/mol. The largest absolute Gasteiger partial charge is 0.327 e. The Morgan fingerprint density at radius 3 is 2.08 bits per heavy atom. The summed E-state index contributed by atoms with van der Waals surface area (Å²) < 4.78 is 0. The highest BCUT2D eigenvalue weighted by molar-refractivity contribution is 4.65. The lowest BCUT2D eigenvalue weighted by molar-refractivity contribution is 0.355. The predicted octanol–water partition coefficient (Wildman–Crippen LogP) is 1.61. The van der Waals surface area contributed by atoms with Crippen LogP contribution in [0.2, 0.25) is 0 Å². The second kappa shape index (κ2) is 6.44. The Morgan fingerprint density at radius 2 is 1.67 bits per heavy atom. The van der Waals surface area contributed by atoms with Gasteiger partial charge in [-0.2, -0.15) is 0 Å². The minimum Gasteiger partial charge on any atom is -0.327 e. The van der Waals surface area contributed by atoms with Crippen LogP contribution in [-0.2, 0) is 0 Å². The van der Waals surface area contributed by atoms with Gasteiger partial charge in [-0.15, -0.1) is 0 Å². The molecule has 0 aliphatic rings. The molecule has 0 saturated heterocycles. The average Bonchev–Trinajstić information content (AvgIpc) is 2.02. The molecule has 12 heavy (non-hydrogen) atoms. The fourth-order valence-corrected chi connectivity index (χ4v) is 1.14. The van der Waals surface area contributed by atoms with Gasteiger partial charge in [0.2, 0.25) is 0 Å². The van der Waals surface area contributed by atoms with Crippen LogP contribution in [0, 0.1) is 11.8 Å². The van der Waals surface area contributed by atoms with Crippen LogP contribution >= 0.6 is 0 Å². The van der Waals surface area contributed by atoms with E-state index in [0.717, 1.165) is 24.9 Å². The Balaban J connectivity index is 3.37. The zero-order chi connectivity index (χ0) is 9.56. The van der Waals surface area contributed by atoms with E-state index in [9.17, 15) is 0 Å². The number of nitrogens with two attached hydrogens (primary N) is 1. The van der Waals surface area contributed by atoms with Crippen molar-refractivity contribution in [3.05, 3.63) is 0 Å². The van der Waals surface area contributed by atoms with E-state index < -0.39 is 0 Å². The van der Waals surface area contributed by atoms with Crippen LogP contribution in [0.5, 0.6) is 0 Å².